The molecule has 1 aliphatic rings. The van der Waals surface area contributed by atoms with Gasteiger partial charge in [0.15, 0.2) is 0 Å². The normalized spacial score (nSPS) is 14.6. The lowest BCUT2D eigenvalue weighted by Crippen LogP contribution is -2.56. The third-order valence-electron chi connectivity index (χ3n) is 8.31. The number of alkyl halides is 3. The van der Waals surface area contributed by atoms with Crippen LogP contribution in [0.2, 0.25) is 0 Å². The summed E-state index contributed by atoms with van der Waals surface area (Å²) in [6.45, 7) is 7.11. The highest BCUT2D eigenvalue weighted by Gasteiger charge is 2.34. The Kier molecular flexibility index (Phi) is 11.9. The van der Waals surface area contributed by atoms with Crippen molar-refractivity contribution in [3.05, 3.63) is 137 Å². The minimum Gasteiger partial charge on any atom is -0.475 e. The molecule has 4 aromatic rings. The summed E-state index contributed by atoms with van der Waals surface area (Å²) in [5, 5.41) is 0. The number of piperazine rings is 1. The Hall–Kier alpha value is -4.96. The van der Waals surface area contributed by atoms with Crippen LogP contribution in [-0.2, 0) is 35.3 Å². The molecule has 1 aromatic heterocycles. The van der Waals surface area contributed by atoms with Gasteiger partial charge in [0.1, 0.15) is 6.04 Å². The first-order chi connectivity index (χ1) is 23.5. The molecule has 1 fully saturated rings. The molecule has 49 heavy (non-hydrogen) atoms. The van der Waals surface area contributed by atoms with Crippen molar-refractivity contribution in [2.24, 2.45) is 0 Å². The minimum atomic E-state index is -4.46. The third kappa shape index (κ3) is 10.3. The maximum Gasteiger partial charge on any atom is 0.416 e. The van der Waals surface area contributed by atoms with E-state index >= 15 is 0 Å². The molecule has 1 atom stereocenters. The molecule has 0 unspecified atom stereocenters. The van der Waals surface area contributed by atoms with E-state index in [1.807, 2.05) is 73.3 Å². The molecule has 0 aliphatic carbocycles. The van der Waals surface area contributed by atoms with Crippen LogP contribution in [0.15, 0.2) is 109 Å². The van der Waals surface area contributed by atoms with Crippen molar-refractivity contribution in [3.8, 4) is 5.88 Å². The van der Waals surface area contributed by atoms with Gasteiger partial charge in [-0.3, -0.25) is 14.5 Å². The van der Waals surface area contributed by atoms with Crippen LogP contribution in [0.25, 0.3) is 6.08 Å². The van der Waals surface area contributed by atoms with E-state index in [4.69, 9.17) is 4.74 Å². The molecule has 0 spiro atoms. The fourth-order valence-electron chi connectivity index (χ4n) is 5.75. The van der Waals surface area contributed by atoms with Crippen molar-refractivity contribution in [2.75, 3.05) is 26.2 Å². The van der Waals surface area contributed by atoms with Crippen LogP contribution in [0.4, 0.5) is 13.2 Å². The highest BCUT2D eigenvalue weighted by molar-refractivity contribution is 5.95. The van der Waals surface area contributed by atoms with Gasteiger partial charge in [0.2, 0.25) is 17.7 Å². The van der Waals surface area contributed by atoms with E-state index in [2.05, 4.69) is 22.0 Å². The lowest BCUT2D eigenvalue weighted by molar-refractivity contribution is -0.145. The van der Waals surface area contributed by atoms with E-state index in [1.54, 1.807) is 12.3 Å². The highest BCUT2D eigenvalue weighted by Crippen LogP contribution is 2.29. The van der Waals surface area contributed by atoms with E-state index < -0.39 is 23.7 Å². The number of hydrogen-bond acceptors (Lipinski definition) is 5. The predicted octanol–water partition coefficient (Wildman–Crippen LogP) is 6.89. The third-order valence-corrected chi connectivity index (χ3v) is 8.31. The predicted molar refractivity (Wildman–Crippen MR) is 183 cm³/mol. The molecule has 7 nitrogen and oxygen atoms in total. The zero-order valence-corrected chi connectivity index (χ0v) is 27.7. The minimum absolute atomic E-state index is 0.0622. The monoisotopic (exact) mass is 670 g/mol. The van der Waals surface area contributed by atoms with Crippen molar-refractivity contribution >= 4 is 17.9 Å². The van der Waals surface area contributed by atoms with Crippen molar-refractivity contribution in [3.63, 3.8) is 0 Å². The molecule has 2 amide bonds. The quantitative estimate of drug-likeness (QED) is 0.154. The number of amides is 2. The Morgan fingerprint density at radius 2 is 1.47 bits per heavy atom. The molecule has 1 aliphatic heterocycles. The molecule has 3 aromatic carbocycles. The first-order valence-electron chi connectivity index (χ1n) is 16.4. The van der Waals surface area contributed by atoms with E-state index in [0.717, 1.165) is 24.2 Å². The standard InChI is InChI=1S/C39H41F3N4O3/c1-29(2)49-36-19-15-33(26-43-36)28-46(37(47)20-16-30-13-17-34(18-14-30)39(40,41)42)35(25-31-9-5-3-6-10-31)38(48)45-23-21-44(22-24-45)27-32-11-7-4-8-12-32/h3-20,26,29,35H,21-25,27-28H2,1-2H3/t35-/m0/s1. The number of rotatable bonds is 12. The fourth-order valence-corrected chi connectivity index (χ4v) is 5.75. The van der Waals surface area contributed by atoms with Crippen LogP contribution >= 0.6 is 0 Å². The molecule has 2 heterocycles. The number of pyridine rings is 1. The summed E-state index contributed by atoms with van der Waals surface area (Å²) < 4.78 is 45.0. The maximum absolute atomic E-state index is 14.4. The second-order valence-electron chi connectivity index (χ2n) is 12.4. The molecular weight excluding hydrogens is 629 g/mol. The molecule has 5 rings (SSSR count). The van der Waals surface area contributed by atoms with Crippen LogP contribution in [-0.4, -0.2) is 69.8 Å². The topological polar surface area (TPSA) is 66.0 Å². The summed E-state index contributed by atoms with van der Waals surface area (Å²) in [5.41, 5.74) is 2.46. The number of benzene rings is 3. The molecule has 1 saturated heterocycles. The summed E-state index contributed by atoms with van der Waals surface area (Å²) in [4.78, 5) is 38.6. The van der Waals surface area contributed by atoms with Gasteiger partial charge in [0, 0.05) is 64.0 Å². The van der Waals surface area contributed by atoms with Crippen molar-refractivity contribution in [2.45, 2.75) is 51.7 Å². The van der Waals surface area contributed by atoms with Gasteiger partial charge in [-0.1, -0.05) is 78.9 Å². The smallest absolute Gasteiger partial charge is 0.416 e. The molecule has 0 bridgehead atoms. The lowest BCUT2D eigenvalue weighted by atomic mass is 10.0. The number of ether oxygens (including phenoxy) is 1. The van der Waals surface area contributed by atoms with Crippen LogP contribution in [0, 0.1) is 0 Å². The molecule has 10 heteroatoms. The Morgan fingerprint density at radius 1 is 0.837 bits per heavy atom. The number of hydrogen-bond donors (Lipinski definition) is 0. The Labute approximate surface area is 285 Å². The Morgan fingerprint density at radius 3 is 2.04 bits per heavy atom. The van der Waals surface area contributed by atoms with Gasteiger partial charge in [-0.05, 0) is 54.3 Å². The highest BCUT2D eigenvalue weighted by atomic mass is 19.4. The Balaban J connectivity index is 1.41. The van der Waals surface area contributed by atoms with Gasteiger partial charge in [0.25, 0.3) is 0 Å². The van der Waals surface area contributed by atoms with E-state index in [-0.39, 0.29) is 25.0 Å². The number of carbonyl (C=O) groups is 2. The first-order valence-corrected chi connectivity index (χ1v) is 16.4. The largest absolute Gasteiger partial charge is 0.475 e. The summed E-state index contributed by atoms with van der Waals surface area (Å²) in [7, 11) is 0. The van der Waals surface area contributed by atoms with Crippen LogP contribution in [0.1, 0.15) is 41.7 Å². The van der Waals surface area contributed by atoms with Gasteiger partial charge >= 0.3 is 6.18 Å². The average Bonchev–Trinajstić information content (AvgIpc) is 3.10. The number of halogens is 3. The Bertz CT molecular complexity index is 1670. The number of carbonyl (C=O) groups excluding carboxylic acids is 2. The summed E-state index contributed by atoms with van der Waals surface area (Å²) in [6, 6.07) is 27.0. The SMILES string of the molecule is CC(C)Oc1ccc(CN(C(=O)C=Cc2ccc(C(F)(F)F)cc2)[C@@H](Cc2ccccc2)C(=O)N2CCN(Cc3ccccc3)CC2)cn1. The summed E-state index contributed by atoms with van der Waals surface area (Å²) in [5.74, 6) is -0.157. The second kappa shape index (κ2) is 16.4. The van der Waals surface area contributed by atoms with Gasteiger partial charge in [-0.25, -0.2) is 4.98 Å². The van der Waals surface area contributed by atoms with Crippen molar-refractivity contribution in [1.82, 2.24) is 19.7 Å². The average molecular weight is 671 g/mol. The maximum atomic E-state index is 14.4. The van der Waals surface area contributed by atoms with Gasteiger partial charge in [0.05, 0.1) is 11.7 Å². The summed E-state index contributed by atoms with van der Waals surface area (Å²) in [6.07, 6.45) is 0.175. The molecule has 0 radical (unpaired) electrons. The van der Waals surface area contributed by atoms with E-state index in [9.17, 15) is 22.8 Å². The van der Waals surface area contributed by atoms with Gasteiger partial charge in [-0.15, -0.1) is 0 Å². The van der Waals surface area contributed by atoms with Crippen LogP contribution in [0.5, 0.6) is 5.88 Å². The van der Waals surface area contributed by atoms with Crippen LogP contribution in [0.3, 0.4) is 0 Å². The lowest BCUT2D eigenvalue weighted by Gasteiger charge is -2.39. The van der Waals surface area contributed by atoms with Crippen LogP contribution < -0.4 is 4.74 Å². The first kappa shape index (κ1) is 35.3. The van der Waals surface area contributed by atoms with E-state index in [1.165, 1.54) is 34.7 Å². The van der Waals surface area contributed by atoms with E-state index in [0.29, 0.717) is 43.2 Å². The van der Waals surface area contributed by atoms with Crippen molar-refractivity contribution < 1.29 is 27.5 Å². The second-order valence-corrected chi connectivity index (χ2v) is 12.4. The summed E-state index contributed by atoms with van der Waals surface area (Å²) >= 11 is 0. The number of nitrogens with zero attached hydrogens (tertiary/aromatic N) is 4. The van der Waals surface area contributed by atoms with Gasteiger partial charge < -0.3 is 14.5 Å². The molecule has 0 N–H and O–H groups in total. The molecular formula is C39H41F3N4O3. The molecule has 256 valence electrons. The van der Waals surface area contributed by atoms with Crippen molar-refractivity contribution in [1.29, 1.82) is 0 Å². The fraction of sp³-hybridized carbons (Fsp3) is 0.308. The molecule has 0 saturated carbocycles. The number of aromatic nitrogens is 1. The zero-order valence-electron chi connectivity index (χ0n) is 27.7. The zero-order chi connectivity index (χ0) is 34.8. The van der Waals surface area contributed by atoms with Gasteiger partial charge in [-0.2, -0.15) is 13.2 Å².